The number of alkyl halides is 2. The van der Waals surface area contributed by atoms with Crippen LogP contribution in [0.2, 0.25) is 0 Å². The number of fused-ring (bicyclic) bond motifs is 1. The molecule has 12 heteroatoms. The zero-order chi connectivity index (χ0) is 25.7. The lowest BCUT2D eigenvalue weighted by Crippen LogP contribution is -2.46. The molecular formula is C23H24F3N3O5S. The monoisotopic (exact) mass is 511 g/mol. The number of ether oxygens (including phenoxy) is 1. The summed E-state index contributed by atoms with van der Waals surface area (Å²) in [5.41, 5.74) is -1.06. The first kappa shape index (κ1) is 24.8. The third-order valence-electron chi connectivity index (χ3n) is 5.95. The number of hydrogen-bond acceptors (Lipinski definition) is 5. The lowest BCUT2D eigenvalue weighted by Gasteiger charge is -2.24. The summed E-state index contributed by atoms with van der Waals surface area (Å²) in [4.78, 5) is 26.3. The van der Waals surface area contributed by atoms with E-state index < -0.39 is 39.4 Å². The van der Waals surface area contributed by atoms with Crippen molar-refractivity contribution < 1.29 is 31.1 Å². The quantitative estimate of drug-likeness (QED) is 0.547. The van der Waals surface area contributed by atoms with Gasteiger partial charge >= 0.3 is 12.3 Å². The number of aromatic nitrogens is 2. The van der Waals surface area contributed by atoms with Crippen LogP contribution in [0.25, 0.3) is 16.7 Å². The summed E-state index contributed by atoms with van der Waals surface area (Å²) in [5, 5.41) is 2.77. The Morgan fingerprint density at radius 3 is 2.46 bits per heavy atom. The van der Waals surface area contributed by atoms with E-state index in [1.54, 1.807) is 20.8 Å². The van der Waals surface area contributed by atoms with Gasteiger partial charge in [0.2, 0.25) is 0 Å². The van der Waals surface area contributed by atoms with Crippen LogP contribution < -0.4 is 15.7 Å². The van der Waals surface area contributed by atoms with Gasteiger partial charge in [0.15, 0.2) is 9.84 Å². The van der Waals surface area contributed by atoms with Gasteiger partial charge in [-0.2, -0.15) is 8.78 Å². The molecular weight excluding hydrogens is 487 g/mol. The van der Waals surface area contributed by atoms with Gasteiger partial charge in [-0.1, -0.05) is 0 Å². The fourth-order valence-corrected chi connectivity index (χ4v) is 6.48. The van der Waals surface area contributed by atoms with Crippen LogP contribution in [0.5, 0.6) is 5.75 Å². The van der Waals surface area contributed by atoms with E-state index >= 15 is 0 Å². The van der Waals surface area contributed by atoms with E-state index in [0.717, 1.165) is 22.8 Å². The number of nitrogens with zero attached hydrogens (tertiary/aromatic N) is 2. The molecule has 188 valence electrons. The van der Waals surface area contributed by atoms with E-state index in [2.05, 4.69) is 10.1 Å². The van der Waals surface area contributed by atoms with Crippen molar-refractivity contribution in [3.05, 3.63) is 58.3 Å². The van der Waals surface area contributed by atoms with Gasteiger partial charge in [0.1, 0.15) is 11.6 Å². The Morgan fingerprint density at radius 1 is 1.14 bits per heavy atom. The van der Waals surface area contributed by atoms with Gasteiger partial charge in [-0.05, 0) is 57.5 Å². The number of carbonyl (C=O) groups excluding carboxylic acids is 1. The van der Waals surface area contributed by atoms with Crippen LogP contribution in [0.15, 0.2) is 41.2 Å². The lowest BCUT2D eigenvalue weighted by atomic mass is 10.0. The van der Waals surface area contributed by atoms with Gasteiger partial charge in [0.05, 0.1) is 33.8 Å². The molecule has 2 aromatic carbocycles. The number of amides is 1. The Hall–Kier alpha value is -3.28. The minimum Gasteiger partial charge on any atom is -0.435 e. The van der Waals surface area contributed by atoms with Crippen molar-refractivity contribution in [1.82, 2.24) is 14.5 Å². The molecule has 1 N–H and O–H groups in total. The van der Waals surface area contributed by atoms with E-state index in [9.17, 15) is 31.2 Å². The molecule has 1 atom stereocenters. The van der Waals surface area contributed by atoms with Crippen molar-refractivity contribution in [3.63, 3.8) is 0 Å². The maximum absolute atomic E-state index is 14.7. The van der Waals surface area contributed by atoms with E-state index in [1.165, 1.54) is 22.8 Å². The predicted octanol–water partition coefficient (Wildman–Crippen LogP) is 3.42. The molecule has 0 radical (unpaired) electrons. The minimum atomic E-state index is -3.24. The highest BCUT2D eigenvalue weighted by molar-refractivity contribution is 7.91. The number of carbonyl (C=O) groups is 1. The number of nitrogens with one attached hydrogen (secondary N) is 1. The van der Waals surface area contributed by atoms with Crippen molar-refractivity contribution in [2.24, 2.45) is 0 Å². The second-order valence-corrected chi connectivity index (χ2v) is 11.3. The SMILES string of the molecule is CC(C)n1c(=O)n(-c2cc(OC(F)F)ccc2F)c2ccc(C(=O)NC3(C)CCS(=O)(=O)C3)cc21. The van der Waals surface area contributed by atoms with Gasteiger partial charge in [-0.15, -0.1) is 0 Å². The van der Waals surface area contributed by atoms with E-state index in [4.69, 9.17) is 0 Å². The number of imidazole rings is 1. The highest BCUT2D eigenvalue weighted by Gasteiger charge is 2.39. The number of rotatable bonds is 6. The molecule has 1 aliphatic heterocycles. The smallest absolute Gasteiger partial charge is 0.387 e. The summed E-state index contributed by atoms with van der Waals surface area (Å²) < 4.78 is 70.6. The highest BCUT2D eigenvalue weighted by atomic mass is 32.2. The largest absolute Gasteiger partial charge is 0.435 e. The molecule has 2 heterocycles. The first-order valence-corrected chi connectivity index (χ1v) is 12.7. The van der Waals surface area contributed by atoms with Crippen molar-refractivity contribution in [2.75, 3.05) is 11.5 Å². The molecule has 0 spiro atoms. The zero-order valence-corrected chi connectivity index (χ0v) is 20.0. The predicted molar refractivity (Wildman–Crippen MR) is 124 cm³/mol. The fraction of sp³-hybridized carbons (Fsp3) is 0.391. The number of halogens is 3. The lowest BCUT2D eigenvalue weighted by molar-refractivity contribution is -0.0498. The first-order chi connectivity index (χ1) is 16.3. The summed E-state index contributed by atoms with van der Waals surface area (Å²) >= 11 is 0. The van der Waals surface area contributed by atoms with Gasteiger partial charge < -0.3 is 10.1 Å². The molecule has 1 saturated heterocycles. The normalized spacial score (nSPS) is 19.5. The number of benzene rings is 2. The van der Waals surface area contributed by atoms with Gasteiger partial charge in [-0.3, -0.25) is 13.9 Å². The van der Waals surface area contributed by atoms with Crippen molar-refractivity contribution in [2.45, 2.75) is 45.4 Å². The van der Waals surface area contributed by atoms with Gasteiger partial charge in [-0.25, -0.2) is 17.6 Å². The molecule has 0 saturated carbocycles. The van der Waals surface area contributed by atoms with Crippen LogP contribution in [-0.4, -0.2) is 47.1 Å². The van der Waals surface area contributed by atoms with E-state index in [0.29, 0.717) is 5.52 Å². The Morgan fingerprint density at radius 2 is 1.86 bits per heavy atom. The average molecular weight is 512 g/mol. The molecule has 1 fully saturated rings. The van der Waals surface area contributed by atoms with Crippen LogP contribution in [0.3, 0.4) is 0 Å². The summed E-state index contributed by atoms with van der Waals surface area (Å²) in [6.45, 7) is 2.00. The first-order valence-electron chi connectivity index (χ1n) is 10.8. The standard InChI is InChI=1S/C23H24F3N3O5S/c1-13(2)28-19-10-14(20(30)27-23(3)8-9-35(32,33)12-23)4-7-17(19)29(22(28)31)18-11-15(34-21(25)26)5-6-16(18)24/h4-7,10-11,13,21H,8-9,12H2,1-3H3,(H,27,30). The third kappa shape index (κ3) is 4.79. The van der Waals surface area contributed by atoms with Crippen molar-refractivity contribution in [1.29, 1.82) is 0 Å². The number of hydrogen-bond donors (Lipinski definition) is 1. The third-order valence-corrected chi connectivity index (χ3v) is 7.86. The van der Waals surface area contributed by atoms with Crippen molar-refractivity contribution >= 4 is 26.8 Å². The second-order valence-electron chi connectivity index (χ2n) is 9.13. The molecule has 1 aliphatic rings. The van der Waals surface area contributed by atoms with Gasteiger partial charge in [0.25, 0.3) is 5.91 Å². The summed E-state index contributed by atoms with van der Waals surface area (Å²) in [6, 6.07) is 6.94. The Labute approximate surface area is 199 Å². The van der Waals surface area contributed by atoms with Crippen LogP contribution in [0.1, 0.15) is 43.6 Å². The highest BCUT2D eigenvalue weighted by Crippen LogP contribution is 2.28. The molecule has 1 aromatic heterocycles. The Balaban J connectivity index is 1.81. The van der Waals surface area contributed by atoms with Crippen LogP contribution in [0, 0.1) is 5.82 Å². The second kappa shape index (κ2) is 8.74. The fourth-order valence-electron chi connectivity index (χ4n) is 4.39. The summed E-state index contributed by atoms with van der Waals surface area (Å²) in [6.07, 6.45) is 0.284. The average Bonchev–Trinajstić information content (AvgIpc) is 3.19. The molecule has 1 amide bonds. The molecule has 0 aliphatic carbocycles. The van der Waals surface area contributed by atoms with E-state index in [-0.39, 0.29) is 46.5 Å². The van der Waals surface area contributed by atoms with Gasteiger partial charge in [0, 0.05) is 17.7 Å². The number of sulfone groups is 1. The molecule has 3 aromatic rings. The Bertz CT molecular complexity index is 1480. The van der Waals surface area contributed by atoms with Crippen LogP contribution in [0.4, 0.5) is 13.2 Å². The topological polar surface area (TPSA) is 99.4 Å². The minimum absolute atomic E-state index is 0.0154. The van der Waals surface area contributed by atoms with Crippen molar-refractivity contribution in [3.8, 4) is 11.4 Å². The zero-order valence-electron chi connectivity index (χ0n) is 19.2. The van der Waals surface area contributed by atoms with Crippen LogP contribution in [-0.2, 0) is 9.84 Å². The molecule has 4 rings (SSSR count). The van der Waals surface area contributed by atoms with E-state index in [1.807, 2.05) is 0 Å². The summed E-state index contributed by atoms with van der Waals surface area (Å²) in [7, 11) is -3.24. The molecule has 8 nitrogen and oxygen atoms in total. The maximum Gasteiger partial charge on any atom is 0.387 e. The maximum atomic E-state index is 14.7. The Kier molecular flexibility index (Phi) is 6.20. The molecule has 35 heavy (non-hydrogen) atoms. The molecule has 0 bridgehead atoms. The van der Waals surface area contributed by atoms with Crippen LogP contribution >= 0.6 is 0 Å². The summed E-state index contributed by atoms with van der Waals surface area (Å²) in [5.74, 6) is -1.84. The molecule has 1 unspecified atom stereocenters.